The molecule has 2 aromatic carbocycles. The van der Waals surface area contributed by atoms with E-state index in [1.54, 1.807) is 38.1 Å². The van der Waals surface area contributed by atoms with E-state index in [1.807, 2.05) is 0 Å². The number of rotatable bonds is 8. The molecule has 32 heavy (non-hydrogen) atoms. The Morgan fingerprint density at radius 1 is 1.16 bits per heavy atom. The number of nitrogens with one attached hydrogen (secondary N) is 2. The van der Waals surface area contributed by atoms with Crippen molar-refractivity contribution in [1.82, 2.24) is 15.2 Å². The van der Waals surface area contributed by atoms with Crippen molar-refractivity contribution in [1.29, 1.82) is 0 Å². The summed E-state index contributed by atoms with van der Waals surface area (Å²) in [7, 11) is -3.54. The molecule has 3 aromatic rings. The standard InChI is InChI=1S/C22H23ClFN3O4S/c1-13(2)27-32(29,30)12-16-8-5-4-7-15(16)11-25-22(28)19-14(3)31-26-21(19)20-17(23)9-6-10-18(20)24/h4-10,13,27H,11-12H2,1-3H3,(H,25,28). The molecule has 0 unspecified atom stereocenters. The normalized spacial score (nSPS) is 11.7. The maximum atomic E-state index is 14.4. The first kappa shape index (κ1) is 23.9. The van der Waals surface area contributed by atoms with Gasteiger partial charge in [-0.05, 0) is 44.0 Å². The zero-order chi connectivity index (χ0) is 23.5. The average molecular weight is 480 g/mol. The average Bonchev–Trinajstić information content (AvgIpc) is 3.07. The molecule has 10 heteroatoms. The minimum atomic E-state index is -3.54. The van der Waals surface area contributed by atoms with Gasteiger partial charge in [0.2, 0.25) is 10.0 Å². The number of nitrogens with zero attached hydrogens (tertiary/aromatic N) is 1. The van der Waals surface area contributed by atoms with Crippen LogP contribution in [-0.4, -0.2) is 25.5 Å². The number of carbonyl (C=O) groups is 1. The van der Waals surface area contributed by atoms with Crippen LogP contribution in [0.2, 0.25) is 5.02 Å². The van der Waals surface area contributed by atoms with Gasteiger partial charge in [0.15, 0.2) is 0 Å². The molecule has 2 N–H and O–H groups in total. The van der Waals surface area contributed by atoms with Gasteiger partial charge in [-0.2, -0.15) is 0 Å². The Hall–Kier alpha value is -2.75. The van der Waals surface area contributed by atoms with Crippen LogP contribution >= 0.6 is 11.6 Å². The van der Waals surface area contributed by atoms with E-state index in [4.69, 9.17) is 16.1 Å². The number of hydrogen-bond acceptors (Lipinski definition) is 5. The summed E-state index contributed by atoms with van der Waals surface area (Å²) in [5, 5.41) is 6.67. The minimum Gasteiger partial charge on any atom is -0.360 e. The van der Waals surface area contributed by atoms with E-state index in [-0.39, 0.29) is 45.9 Å². The summed E-state index contributed by atoms with van der Waals surface area (Å²) in [4.78, 5) is 13.0. The molecule has 0 bridgehead atoms. The molecule has 7 nitrogen and oxygen atoms in total. The highest BCUT2D eigenvalue weighted by Crippen LogP contribution is 2.33. The number of aromatic nitrogens is 1. The minimum absolute atomic E-state index is 0.0000892. The second kappa shape index (κ2) is 9.81. The number of hydrogen-bond donors (Lipinski definition) is 2. The Labute approximate surface area is 191 Å². The van der Waals surface area contributed by atoms with Crippen molar-refractivity contribution in [3.63, 3.8) is 0 Å². The molecule has 0 aliphatic rings. The van der Waals surface area contributed by atoms with Gasteiger partial charge in [0.05, 0.1) is 16.3 Å². The van der Waals surface area contributed by atoms with Crippen molar-refractivity contribution in [2.75, 3.05) is 0 Å². The van der Waals surface area contributed by atoms with Crippen molar-refractivity contribution in [3.05, 3.63) is 75.8 Å². The summed E-state index contributed by atoms with van der Waals surface area (Å²) in [5.41, 5.74) is 1.22. The van der Waals surface area contributed by atoms with Gasteiger partial charge < -0.3 is 9.84 Å². The summed E-state index contributed by atoms with van der Waals surface area (Å²) >= 11 is 6.12. The fourth-order valence-corrected chi connectivity index (χ4v) is 5.02. The predicted octanol–water partition coefficient (Wildman–Crippen LogP) is 4.20. The molecule has 0 saturated heterocycles. The second-order valence-electron chi connectivity index (χ2n) is 7.54. The molecule has 0 spiro atoms. The van der Waals surface area contributed by atoms with Crippen molar-refractivity contribution in [2.24, 2.45) is 0 Å². The van der Waals surface area contributed by atoms with E-state index in [9.17, 15) is 17.6 Å². The highest BCUT2D eigenvalue weighted by molar-refractivity contribution is 7.88. The molecule has 1 amide bonds. The van der Waals surface area contributed by atoms with Crippen molar-refractivity contribution in [3.8, 4) is 11.3 Å². The topological polar surface area (TPSA) is 101 Å². The van der Waals surface area contributed by atoms with Crippen molar-refractivity contribution in [2.45, 2.75) is 39.1 Å². The zero-order valence-corrected chi connectivity index (χ0v) is 19.3. The van der Waals surface area contributed by atoms with Crippen molar-refractivity contribution < 1.29 is 22.1 Å². The summed E-state index contributed by atoms with van der Waals surface area (Å²) in [6.07, 6.45) is 0. The third-order valence-corrected chi connectivity index (χ3v) is 6.44. The van der Waals surface area contributed by atoms with Gasteiger partial charge >= 0.3 is 0 Å². The first-order valence-electron chi connectivity index (χ1n) is 9.84. The van der Waals surface area contributed by atoms with Crippen LogP contribution in [-0.2, 0) is 22.3 Å². The zero-order valence-electron chi connectivity index (χ0n) is 17.8. The van der Waals surface area contributed by atoms with Gasteiger partial charge in [-0.15, -0.1) is 0 Å². The summed E-state index contributed by atoms with van der Waals surface area (Å²) in [5.74, 6) is -1.20. The van der Waals surface area contributed by atoms with E-state index in [0.717, 1.165) is 0 Å². The first-order valence-corrected chi connectivity index (χ1v) is 11.9. The number of sulfonamides is 1. The Bertz CT molecular complexity index is 1220. The third kappa shape index (κ3) is 5.53. The molecule has 0 aliphatic carbocycles. The Balaban J connectivity index is 1.84. The lowest BCUT2D eigenvalue weighted by Gasteiger charge is -2.13. The van der Waals surface area contributed by atoms with Crippen LogP contribution in [0.25, 0.3) is 11.3 Å². The maximum Gasteiger partial charge on any atom is 0.257 e. The monoisotopic (exact) mass is 479 g/mol. The molecule has 0 fully saturated rings. The second-order valence-corrected chi connectivity index (χ2v) is 9.70. The lowest BCUT2D eigenvalue weighted by atomic mass is 10.0. The van der Waals surface area contributed by atoms with Crippen LogP contribution in [0.15, 0.2) is 47.0 Å². The maximum absolute atomic E-state index is 14.4. The van der Waals surface area contributed by atoms with Gasteiger partial charge in [-0.3, -0.25) is 4.79 Å². The SMILES string of the molecule is Cc1onc(-c2c(F)cccc2Cl)c1C(=O)NCc1ccccc1CS(=O)(=O)NC(C)C. The highest BCUT2D eigenvalue weighted by atomic mass is 35.5. The van der Waals surface area contributed by atoms with Crippen LogP contribution in [0.1, 0.15) is 41.1 Å². The van der Waals surface area contributed by atoms with Gasteiger partial charge in [0.1, 0.15) is 22.8 Å². The summed E-state index contributed by atoms with van der Waals surface area (Å²) in [6, 6.07) is 10.8. The molecular formula is C22H23ClFN3O4S. The molecule has 0 radical (unpaired) electrons. The fraction of sp³-hybridized carbons (Fsp3) is 0.273. The molecule has 0 aliphatic heterocycles. The molecule has 0 atom stereocenters. The number of halogens is 2. The van der Waals surface area contributed by atoms with Crippen LogP contribution < -0.4 is 10.0 Å². The van der Waals surface area contributed by atoms with Crippen LogP contribution in [0.5, 0.6) is 0 Å². The quantitative estimate of drug-likeness (QED) is 0.504. The molecule has 170 valence electrons. The van der Waals surface area contributed by atoms with E-state index in [1.165, 1.54) is 25.1 Å². The fourth-order valence-electron chi connectivity index (χ4n) is 3.27. The van der Waals surface area contributed by atoms with Gasteiger partial charge in [-0.25, -0.2) is 17.5 Å². The van der Waals surface area contributed by atoms with E-state index in [0.29, 0.717) is 11.1 Å². The molecule has 1 aromatic heterocycles. The number of amides is 1. The van der Waals surface area contributed by atoms with Gasteiger partial charge in [0.25, 0.3) is 5.91 Å². The van der Waals surface area contributed by atoms with E-state index < -0.39 is 21.7 Å². The number of benzene rings is 2. The van der Waals surface area contributed by atoms with Crippen LogP contribution in [0, 0.1) is 12.7 Å². The lowest BCUT2D eigenvalue weighted by Crippen LogP contribution is -2.32. The smallest absolute Gasteiger partial charge is 0.257 e. The summed E-state index contributed by atoms with van der Waals surface area (Å²) in [6.45, 7) is 5.08. The highest BCUT2D eigenvalue weighted by Gasteiger charge is 2.25. The van der Waals surface area contributed by atoms with Gasteiger partial charge in [0, 0.05) is 12.6 Å². The molecule has 3 rings (SSSR count). The first-order chi connectivity index (χ1) is 15.1. The molecule has 0 saturated carbocycles. The summed E-state index contributed by atoms with van der Waals surface area (Å²) < 4.78 is 46.7. The number of aryl methyl sites for hydroxylation is 1. The Kier molecular flexibility index (Phi) is 7.33. The third-order valence-electron chi connectivity index (χ3n) is 4.61. The van der Waals surface area contributed by atoms with Gasteiger partial charge in [-0.1, -0.05) is 47.1 Å². The Morgan fingerprint density at radius 2 is 1.84 bits per heavy atom. The van der Waals surface area contributed by atoms with E-state index in [2.05, 4.69) is 15.2 Å². The Morgan fingerprint density at radius 3 is 2.50 bits per heavy atom. The predicted molar refractivity (Wildman–Crippen MR) is 120 cm³/mol. The van der Waals surface area contributed by atoms with Crippen LogP contribution in [0.4, 0.5) is 4.39 Å². The van der Waals surface area contributed by atoms with E-state index >= 15 is 0 Å². The largest absolute Gasteiger partial charge is 0.360 e. The molecular weight excluding hydrogens is 457 g/mol. The molecule has 1 heterocycles. The number of carbonyl (C=O) groups excluding carboxylic acids is 1. The van der Waals surface area contributed by atoms with Crippen molar-refractivity contribution >= 4 is 27.5 Å². The lowest BCUT2D eigenvalue weighted by molar-refractivity contribution is 0.0950. The van der Waals surface area contributed by atoms with Crippen LogP contribution in [0.3, 0.4) is 0 Å².